The smallest absolute Gasteiger partial charge is 0.311 e. The predicted molar refractivity (Wildman–Crippen MR) is 51.3 cm³/mol. The van der Waals surface area contributed by atoms with E-state index in [1.54, 1.807) is 7.05 Å². The molecule has 1 aromatic rings. The minimum Gasteiger partial charge on any atom is -0.469 e. The summed E-state index contributed by atoms with van der Waals surface area (Å²) >= 11 is 0. The third-order valence-electron chi connectivity index (χ3n) is 2.40. The summed E-state index contributed by atoms with van der Waals surface area (Å²) in [6.45, 7) is 0.247. The molecule has 0 aliphatic carbocycles. The van der Waals surface area contributed by atoms with Crippen molar-refractivity contribution in [2.24, 2.45) is 13.0 Å². The van der Waals surface area contributed by atoms with Gasteiger partial charge in [-0.05, 0) is 5.21 Å². The number of carbonyl (C=O) groups excluding carboxylic acids is 2. The minimum absolute atomic E-state index is 0.130. The summed E-state index contributed by atoms with van der Waals surface area (Å²) in [6, 6.07) is 0. The van der Waals surface area contributed by atoms with Crippen LogP contribution in [0, 0.1) is 5.92 Å². The lowest BCUT2D eigenvalue weighted by Crippen LogP contribution is -2.27. The van der Waals surface area contributed by atoms with Crippen molar-refractivity contribution in [3.8, 4) is 0 Å². The first-order chi connectivity index (χ1) is 7.61. The first-order valence-corrected chi connectivity index (χ1v) is 4.74. The first-order valence-electron chi connectivity index (χ1n) is 4.74. The van der Waals surface area contributed by atoms with Gasteiger partial charge in [-0.25, -0.2) is 0 Å². The normalized spacial score (nSPS) is 20.2. The third-order valence-corrected chi connectivity index (χ3v) is 2.40. The van der Waals surface area contributed by atoms with Crippen molar-refractivity contribution in [2.45, 2.75) is 6.42 Å². The number of amides is 1. The van der Waals surface area contributed by atoms with Gasteiger partial charge in [-0.3, -0.25) is 14.5 Å². The zero-order valence-corrected chi connectivity index (χ0v) is 8.95. The highest BCUT2D eigenvalue weighted by molar-refractivity contribution is 5.98. The molecule has 2 rings (SSSR count). The van der Waals surface area contributed by atoms with Crippen LogP contribution in [0.25, 0.3) is 0 Å². The third kappa shape index (κ3) is 1.73. The maximum Gasteiger partial charge on any atom is 0.311 e. The van der Waals surface area contributed by atoms with Gasteiger partial charge < -0.3 is 4.74 Å². The molecule has 0 saturated carbocycles. The van der Waals surface area contributed by atoms with Crippen LogP contribution in [-0.2, 0) is 21.4 Å². The number of anilines is 1. The summed E-state index contributed by atoms with van der Waals surface area (Å²) in [4.78, 5) is 25.5. The fourth-order valence-electron chi connectivity index (χ4n) is 1.61. The summed E-state index contributed by atoms with van der Waals surface area (Å²) < 4.78 is 4.59. The Hall–Kier alpha value is -1.99. The molecule has 8 heteroatoms. The molecule has 1 fully saturated rings. The largest absolute Gasteiger partial charge is 0.469 e. The number of aromatic nitrogens is 4. The van der Waals surface area contributed by atoms with E-state index in [1.165, 1.54) is 16.8 Å². The van der Waals surface area contributed by atoms with Crippen LogP contribution < -0.4 is 4.90 Å². The summed E-state index contributed by atoms with van der Waals surface area (Å²) in [6.07, 6.45) is 0.130. The van der Waals surface area contributed by atoms with Crippen LogP contribution in [0.15, 0.2) is 0 Å². The van der Waals surface area contributed by atoms with E-state index in [2.05, 4.69) is 20.1 Å². The van der Waals surface area contributed by atoms with Crippen LogP contribution in [0.1, 0.15) is 6.42 Å². The van der Waals surface area contributed by atoms with Gasteiger partial charge in [0.2, 0.25) is 5.91 Å². The maximum atomic E-state index is 11.6. The minimum atomic E-state index is -0.443. The van der Waals surface area contributed by atoms with Crippen LogP contribution in [0.3, 0.4) is 0 Å². The van der Waals surface area contributed by atoms with Crippen molar-refractivity contribution in [2.75, 3.05) is 18.6 Å². The zero-order chi connectivity index (χ0) is 11.7. The topological polar surface area (TPSA) is 90.2 Å². The second kappa shape index (κ2) is 3.87. The summed E-state index contributed by atoms with van der Waals surface area (Å²) in [5, 5.41) is 11.3. The number of aryl methyl sites for hydroxylation is 1. The first kappa shape index (κ1) is 10.5. The van der Waals surface area contributed by atoms with Gasteiger partial charge in [-0.2, -0.15) is 4.80 Å². The van der Waals surface area contributed by atoms with Crippen molar-refractivity contribution in [1.82, 2.24) is 20.2 Å². The molecule has 0 bridgehead atoms. The second-order valence-corrected chi connectivity index (χ2v) is 3.51. The molecule has 1 aliphatic heterocycles. The van der Waals surface area contributed by atoms with Gasteiger partial charge in [0.05, 0.1) is 20.1 Å². The molecule has 0 N–H and O–H groups in total. The van der Waals surface area contributed by atoms with Gasteiger partial charge in [-0.15, -0.1) is 5.10 Å². The van der Waals surface area contributed by atoms with E-state index in [-0.39, 0.29) is 30.8 Å². The average molecular weight is 225 g/mol. The Bertz CT molecular complexity index is 429. The summed E-state index contributed by atoms with van der Waals surface area (Å²) in [5.74, 6) is -0.802. The standard InChI is InChI=1S/C8H11N5O3/c1-12-10-8(9-11-12)13-4-5(3-6(13)14)7(15)16-2/h5H,3-4H2,1-2H3/t5-/m1/s1. The summed E-state index contributed by atoms with van der Waals surface area (Å²) in [5.41, 5.74) is 0. The molecule has 86 valence electrons. The molecule has 0 radical (unpaired) electrons. The van der Waals surface area contributed by atoms with Gasteiger partial charge in [0.1, 0.15) is 0 Å². The van der Waals surface area contributed by atoms with Crippen molar-refractivity contribution in [1.29, 1.82) is 0 Å². The van der Waals surface area contributed by atoms with Crippen molar-refractivity contribution < 1.29 is 14.3 Å². The highest BCUT2D eigenvalue weighted by atomic mass is 16.5. The Morgan fingerprint density at radius 3 is 2.88 bits per heavy atom. The second-order valence-electron chi connectivity index (χ2n) is 3.51. The monoisotopic (exact) mass is 225 g/mol. The van der Waals surface area contributed by atoms with E-state index in [9.17, 15) is 9.59 Å². The lowest BCUT2D eigenvalue weighted by atomic mass is 10.1. The van der Waals surface area contributed by atoms with Crippen molar-refractivity contribution in [3.63, 3.8) is 0 Å². The van der Waals surface area contributed by atoms with E-state index < -0.39 is 5.92 Å². The lowest BCUT2D eigenvalue weighted by molar-refractivity contribution is -0.145. The molecule has 0 spiro atoms. The zero-order valence-electron chi connectivity index (χ0n) is 8.95. The van der Waals surface area contributed by atoms with Crippen molar-refractivity contribution >= 4 is 17.8 Å². The van der Waals surface area contributed by atoms with Crippen LogP contribution in [0.4, 0.5) is 5.95 Å². The van der Waals surface area contributed by atoms with E-state index in [0.29, 0.717) is 0 Å². The van der Waals surface area contributed by atoms with Gasteiger partial charge in [0.25, 0.3) is 5.95 Å². The van der Waals surface area contributed by atoms with E-state index in [4.69, 9.17) is 0 Å². The fourth-order valence-corrected chi connectivity index (χ4v) is 1.61. The van der Waals surface area contributed by atoms with Gasteiger partial charge in [-0.1, -0.05) is 5.10 Å². The SMILES string of the molecule is COC(=O)[C@@H]1CC(=O)N(c2nnn(C)n2)C1. The molecular formula is C8H11N5O3. The molecule has 1 aliphatic rings. The number of esters is 1. The predicted octanol–water partition coefficient (Wildman–Crippen LogP) is -1.26. The number of methoxy groups -OCH3 is 1. The number of tetrazole rings is 1. The maximum absolute atomic E-state index is 11.6. The molecule has 1 aromatic heterocycles. The van der Waals surface area contributed by atoms with Crippen molar-refractivity contribution in [3.05, 3.63) is 0 Å². The number of ether oxygens (including phenoxy) is 1. The number of hydrogen-bond acceptors (Lipinski definition) is 6. The van der Waals surface area contributed by atoms with Crippen LogP contribution in [-0.4, -0.2) is 45.7 Å². The van der Waals surface area contributed by atoms with Gasteiger partial charge in [0.15, 0.2) is 0 Å². The average Bonchev–Trinajstić information content (AvgIpc) is 2.83. The van der Waals surface area contributed by atoms with E-state index in [0.717, 1.165) is 0 Å². The number of rotatable bonds is 2. The number of nitrogens with zero attached hydrogens (tertiary/aromatic N) is 5. The van der Waals surface area contributed by atoms with Crippen LogP contribution in [0.2, 0.25) is 0 Å². The molecule has 1 amide bonds. The molecule has 2 heterocycles. The highest BCUT2D eigenvalue weighted by Gasteiger charge is 2.37. The van der Waals surface area contributed by atoms with Crippen LogP contribution in [0.5, 0.6) is 0 Å². The highest BCUT2D eigenvalue weighted by Crippen LogP contribution is 2.22. The summed E-state index contributed by atoms with van der Waals surface area (Å²) in [7, 11) is 2.91. The Morgan fingerprint density at radius 1 is 1.56 bits per heavy atom. The Morgan fingerprint density at radius 2 is 2.31 bits per heavy atom. The fraction of sp³-hybridized carbons (Fsp3) is 0.625. The van der Waals surface area contributed by atoms with E-state index >= 15 is 0 Å². The molecular weight excluding hydrogens is 214 g/mol. The molecule has 8 nitrogen and oxygen atoms in total. The Balaban J connectivity index is 2.14. The Labute approximate surface area is 91.2 Å². The number of hydrogen-bond donors (Lipinski definition) is 0. The van der Waals surface area contributed by atoms with Crippen LogP contribution >= 0.6 is 0 Å². The molecule has 1 atom stereocenters. The molecule has 16 heavy (non-hydrogen) atoms. The lowest BCUT2D eigenvalue weighted by Gasteiger charge is -2.09. The molecule has 0 unspecified atom stereocenters. The Kier molecular flexibility index (Phi) is 2.55. The van der Waals surface area contributed by atoms with E-state index in [1.807, 2.05) is 0 Å². The van der Waals surface area contributed by atoms with Gasteiger partial charge in [0, 0.05) is 13.0 Å². The molecule has 0 aromatic carbocycles. The number of carbonyl (C=O) groups is 2. The quantitative estimate of drug-likeness (QED) is 0.583. The molecule has 1 saturated heterocycles. The van der Waals surface area contributed by atoms with Gasteiger partial charge >= 0.3 is 5.97 Å².